The van der Waals surface area contributed by atoms with Gasteiger partial charge in [0.15, 0.2) is 0 Å². The van der Waals surface area contributed by atoms with Gasteiger partial charge >= 0.3 is 0 Å². The van der Waals surface area contributed by atoms with Crippen LogP contribution in [0.3, 0.4) is 0 Å². The molecule has 1 aromatic carbocycles. The monoisotopic (exact) mass is 368 g/mol. The van der Waals surface area contributed by atoms with Gasteiger partial charge in [-0.05, 0) is 18.1 Å². The summed E-state index contributed by atoms with van der Waals surface area (Å²) < 4.78 is 1.33. The molecule has 0 saturated carbocycles. The van der Waals surface area contributed by atoms with Gasteiger partial charge in [-0.1, -0.05) is 53.6 Å². The van der Waals surface area contributed by atoms with Crippen LogP contribution in [0.15, 0.2) is 29.1 Å². The van der Waals surface area contributed by atoms with E-state index >= 15 is 0 Å². The molecule has 0 aliphatic rings. The summed E-state index contributed by atoms with van der Waals surface area (Å²) in [5.41, 5.74) is 1.50. The highest BCUT2D eigenvalue weighted by atomic mass is 35.5. The molecule has 0 amide bonds. The second-order valence-corrected chi connectivity index (χ2v) is 6.81. The Hall–Kier alpha value is -1.63. The van der Waals surface area contributed by atoms with Crippen LogP contribution in [0.25, 0.3) is 4.96 Å². The van der Waals surface area contributed by atoms with Crippen molar-refractivity contribution in [2.24, 2.45) is 0 Å². The Labute approximate surface area is 147 Å². The molecule has 0 atom stereocenters. The van der Waals surface area contributed by atoms with Crippen molar-refractivity contribution in [2.75, 3.05) is 11.9 Å². The Bertz CT molecular complexity index is 921. The SMILES string of the molecule is CCc1cc(=O)n2nc(N(C)Cc3cccc(Cl)c3Cl)sc2n1. The molecule has 23 heavy (non-hydrogen) atoms. The van der Waals surface area contributed by atoms with Gasteiger partial charge in [-0.2, -0.15) is 4.52 Å². The van der Waals surface area contributed by atoms with Crippen LogP contribution in [0, 0.1) is 0 Å². The zero-order chi connectivity index (χ0) is 16.6. The number of anilines is 1. The van der Waals surface area contributed by atoms with Crippen LogP contribution in [0.1, 0.15) is 18.2 Å². The van der Waals surface area contributed by atoms with E-state index < -0.39 is 0 Å². The number of aryl methyl sites for hydroxylation is 1. The molecular weight excluding hydrogens is 355 g/mol. The predicted octanol–water partition coefficient (Wildman–Crippen LogP) is 3.66. The van der Waals surface area contributed by atoms with Gasteiger partial charge in [-0.25, -0.2) is 4.98 Å². The van der Waals surface area contributed by atoms with Crippen molar-refractivity contribution in [1.29, 1.82) is 0 Å². The molecule has 3 aromatic rings. The lowest BCUT2D eigenvalue weighted by atomic mass is 10.2. The number of hydrogen-bond donors (Lipinski definition) is 0. The van der Waals surface area contributed by atoms with Crippen LogP contribution < -0.4 is 10.5 Å². The maximum absolute atomic E-state index is 12.1. The summed E-state index contributed by atoms with van der Waals surface area (Å²) in [7, 11) is 1.89. The molecule has 0 unspecified atom stereocenters. The van der Waals surface area contributed by atoms with Gasteiger partial charge in [0.25, 0.3) is 5.56 Å². The highest BCUT2D eigenvalue weighted by Gasteiger charge is 2.14. The Kier molecular flexibility index (Phi) is 4.57. The number of aromatic nitrogens is 3. The number of halogens is 2. The first-order valence-electron chi connectivity index (χ1n) is 7.03. The average molecular weight is 369 g/mol. The number of rotatable bonds is 4. The zero-order valence-electron chi connectivity index (χ0n) is 12.6. The molecule has 2 heterocycles. The molecule has 120 valence electrons. The van der Waals surface area contributed by atoms with Gasteiger partial charge < -0.3 is 4.90 Å². The molecule has 2 aromatic heterocycles. The number of benzene rings is 1. The van der Waals surface area contributed by atoms with Gasteiger partial charge in [0.2, 0.25) is 10.1 Å². The maximum Gasteiger partial charge on any atom is 0.275 e. The largest absolute Gasteiger partial charge is 0.345 e. The third kappa shape index (κ3) is 3.20. The van der Waals surface area contributed by atoms with E-state index in [1.54, 1.807) is 6.07 Å². The zero-order valence-corrected chi connectivity index (χ0v) is 14.9. The minimum atomic E-state index is -0.163. The van der Waals surface area contributed by atoms with Gasteiger partial charge in [0, 0.05) is 25.4 Å². The average Bonchev–Trinajstić information content (AvgIpc) is 2.96. The first kappa shape index (κ1) is 16.2. The van der Waals surface area contributed by atoms with Crippen LogP contribution in [0.5, 0.6) is 0 Å². The minimum Gasteiger partial charge on any atom is -0.345 e. The highest BCUT2D eigenvalue weighted by Crippen LogP contribution is 2.28. The topological polar surface area (TPSA) is 50.5 Å². The van der Waals surface area contributed by atoms with E-state index in [0.717, 1.165) is 11.3 Å². The molecule has 0 aliphatic carbocycles. The smallest absolute Gasteiger partial charge is 0.275 e. The molecule has 0 N–H and O–H groups in total. The Morgan fingerprint density at radius 3 is 2.87 bits per heavy atom. The normalized spacial score (nSPS) is 11.1. The summed E-state index contributed by atoms with van der Waals surface area (Å²) in [6.07, 6.45) is 0.715. The summed E-state index contributed by atoms with van der Waals surface area (Å²) in [5.74, 6) is 0. The van der Waals surface area contributed by atoms with Crippen LogP contribution >= 0.6 is 34.5 Å². The Morgan fingerprint density at radius 2 is 2.13 bits per heavy atom. The first-order valence-corrected chi connectivity index (χ1v) is 8.60. The van der Waals surface area contributed by atoms with Crippen molar-refractivity contribution < 1.29 is 0 Å². The molecule has 0 bridgehead atoms. The third-order valence-electron chi connectivity index (χ3n) is 3.42. The van der Waals surface area contributed by atoms with Crippen molar-refractivity contribution in [3.8, 4) is 0 Å². The molecule has 3 rings (SSSR count). The Morgan fingerprint density at radius 1 is 1.35 bits per heavy atom. The third-order valence-corrected chi connectivity index (χ3v) is 5.30. The van der Waals surface area contributed by atoms with Crippen molar-refractivity contribution in [1.82, 2.24) is 14.6 Å². The fraction of sp³-hybridized carbons (Fsp3) is 0.267. The molecule has 0 saturated heterocycles. The van der Waals surface area contributed by atoms with E-state index in [9.17, 15) is 4.79 Å². The lowest BCUT2D eigenvalue weighted by Gasteiger charge is -2.16. The summed E-state index contributed by atoms with van der Waals surface area (Å²) in [6, 6.07) is 7.04. The Balaban J connectivity index is 1.95. The van der Waals surface area contributed by atoms with E-state index in [1.165, 1.54) is 21.9 Å². The van der Waals surface area contributed by atoms with Crippen LogP contribution in [-0.4, -0.2) is 21.6 Å². The molecular formula is C15H14Cl2N4OS. The number of hydrogen-bond acceptors (Lipinski definition) is 5. The summed E-state index contributed by atoms with van der Waals surface area (Å²) >= 11 is 13.6. The fourth-order valence-corrected chi connectivity index (χ4v) is 3.44. The quantitative estimate of drug-likeness (QED) is 0.704. The van der Waals surface area contributed by atoms with Crippen molar-refractivity contribution in [2.45, 2.75) is 19.9 Å². The fourth-order valence-electron chi connectivity index (χ4n) is 2.18. The summed E-state index contributed by atoms with van der Waals surface area (Å²) in [4.78, 5) is 19.0. The lowest BCUT2D eigenvalue weighted by molar-refractivity contribution is 0.836. The van der Waals surface area contributed by atoms with Gasteiger partial charge in [-0.3, -0.25) is 4.79 Å². The van der Waals surface area contributed by atoms with E-state index in [4.69, 9.17) is 23.2 Å². The van der Waals surface area contributed by atoms with E-state index in [1.807, 2.05) is 31.0 Å². The number of nitrogens with zero attached hydrogens (tertiary/aromatic N) is 4. The second-order valence-electron chi connectivity index (χ2n) is 5.09. The summed E-state index contributed by atoms with van der Waals surface area (Å²) in [6.45, 7) is 2.50. The standard InChI is InChI=1S/C15H14Cl2N4OS/c1-3-10-7-12(22)21-14(18-10)23-15(19-21)20(2)8-9-5-4-6-11(16)13(9)17/h4-7H,3,8H2,1-2H3. The van der Waals surface area contributed by atoms with Crippen LogP contribution in [0.2, 0.25) is 10.0 Å². The van der Waals surface area contributed by atoms with Gasteiger partial charge in [0.05, 0.1) is 10.0 Å². The molecule has 0 aliphatic heterocycles. The van der Waals surface area contributed by atoms with Crippen molar-refractivity contribution in [3.05, 3.63) is 55.9 Å². The molecule has 5 nitrogen and oxygen atoms in total. The minimum absolute atomic E-state index is 0.163. The first-order chi connectivity index (χ1) is 11.0. The van der Waals surface area contributed by atoms with Crippen LogP contribution in [-0.2, 0) is 13.0 Å². The number of fused-ring (bicyclic) bond motifs is 1. The summed E-state index contributed by atoms with van der Waals surface area (Å²) in [5, 5.41) is 6.09. The van der Waals surface area contributed by atoms with Gasteiger partial charge in [-0.15, -0.1) is 5.10 Å². The molecule has 0 spiro atoms. The van der Waals surface area contributed by atoms with Crippen LogP contribution in [0.4, 0.5) is 5.13 Å². The maximum atomic E-state index is 12.1. The highest BCUT2D eigenvalue weighted by molar-refractivity contribution is 7.20. The second kappa shape index (κ2) is 6.47. The van der Waals surface area contributed by atoms with E-state index in [-0.39, 0.29) is 5.56 Å². The van der Waals surface area contributed by atoms with Gasteiger partial charge in [0.1, 0.15) is 0 Å². The molecule has 0 radical (unpaired) electrons. The van der Waals surface area contributed by atoms with E-state index in [2.05, 4.69) is 10.1 Å². The molecule has 0 fully saturated rings. The van der Waals surface area contributed by atoms with Crippen molar-refractivity contribution >= 4 is 44.6 Å². The lowest BCUT2D eigenvalue weighted by Crippen LogP contribution is -2.19. The van der Waals surface area contributed by atoms with E-state index in [0.29, 0.717) is 33.1 Å². The van der Waals surface area contributed by atoms with Crippen molar-refractivity contribution in [3.63, 3.8) is 0 Å². The predicted molar refractivity (Wildman–Crippen MR) is 95.1 cm³/mol. The molecule has 8 heteroatoms.